The quantitative estimate of drug-likeness (QED) is 0.863. The van der Waals surface area contributed by atoms with Crippen molar-refractivity contribution in [2.24, 2.45) is 0 Å². The Hall–Kier alpha value is -2.29. The van der Waals surface area contributed by atoms with E-state index in [9.17, 15) is 4.79 Å². The van der Waals surface area contributed by atoms with Gasteiger partial charge >= 0.3 is 0 Å². The summed E-state index contributed by atoms with van der Waals surface area (Å²) >= 11 is 0. The molecule has 1 heterocycles. The van der Waals surface area contributed by atoms with Crippen molar-refractivity contribution in [3.8, 4) is 5.75 Å². The molecule has 0 fully saturated rings. The number of ether oxygens (including phenoxy) is 1. The predicted octanol–water partition coefficient (Wildman–Crippen LogP) is 3.74. The molecule has 0 aromatic heterocycles. The van der Waals surface area contributed by atoms with Crippen LogP contribution in [0.3, 0.4) is 0 Å². The fraction of sp³-hybridized carbons (Fsp3) is 0.316. The number of rotatable bonds is 3. The van der Waals surface area contributed by atoms with Crippen LogP contribution in [-0.2, 0) is 11.2 Å². The third-order valence-corrected chi connectivity index (χ3v) is 4.13. The van der Waals surface area contributed by atoms with E-state index in [0.717, 1.165) is 17.9 Å². The molecule has 0 bridgehead atoms. The van der Waals surface area contributed by atoms with Crippen LogP contribution in [-0.4, -0.2) is 18.1 Å². The number of anilines is 1. The second-order valence-electron chi connectivity index (χ2n) is 5.96. The van der Waals surface area contributed by atoms with E-state index < -0.39 is 6.10 Å². The minimum Gasteiger partial charge on any atom is -0.481 e. The molecule has 0 unspecified atom stereocenters. The van der Waals surface area contributed by atoms with E-state index in [-0.39, 0.29) is 11.9 Å². The van der Waals surface area contributed by atoms with Crippen molar-refractivity contribution in [3.63, 3.8) is 0 Å². The van der Waals surface area contributed by atoms with E-state index in [1.54, 1.807) is 0 Å². The summed E-state index contributed by atoms with van der Waals surface area (Å²) in [6, 6.07) is 16.0. The zero-order valence-electron chi connectivity index (χ0n) is 13.2. The average molecular weight is 295 g/mol. The molecule has 3 nitrogen and oxygen atoms in total. The minimum atomic E-state index is -0.503. The lowest BCUT2D eigenvalue weighted by Crippen LogP contribution is -2.43. The predicted molar refractivity (Wildman–Crippen MR) is 88.4 cm³/mol. The van der Waals surface area contributed by atoms with Crippen LogP contribution in [0.15, 0.2) is 48.5 Å². The van der Waals surface area contributed by atoms with Crippen LogP contribution in [0.4, 0.5) is 5.69 Å². The van der Waals surface area contributed by atoms with Crippen molar-refractivity contribution >= 4 is 11.6 Å². The first kappa shape index (κ1) is 14.6. The molecule has 0 N–H and O–H groups in total. The van der Waals surface area contributed by atoms with Gasteiger partial charge in [-0.2, -0.15) is 0 Å². The molecule has 114 valence electrons. The van der Waals surface area contributed by atoms with Gasteiger partial charge < -0.3 is 9.64 Å². The Morgan fingerprint density at radius 3 is 2.59 bits per heavy atom. The van der Waals surface area contributed by atoms with Crippen molar-refractivity contribution < 1.29 is 9.53 Å². The summed E-state index contributed by atoms with van der Waals surface area (Å²) < 4.78 is 5.82. The lowest BCUT2D eigenvalue weighted by atomic mass is 10.1. The first-order valence-electron chi connectivity index (χ1n) is 7.70. The molecule has 3 rings (SSSR count). The molecule has 0 aliphatic carbocycles. The number of carbonyl (C=O) groups excluding carboxylic acids is 1. The number of para-hydroxylation sites is 1. The van der Waals surface area contributed by atoms with Crippen molar-refractivity contribution in [3.05, 3.63) is 59.7 Å². The van der Waals surface area contributed by atoms with Crippen LogP contribution in [0.5, 0.6) is 5.75 Å². The number of aryl methyl sites for hydroxylation is 1. The molecule has 2 atom stereocenters. The van der Waals surface area contributed by atoms with E-state index in [1.807, 2.05) is 61.2 Å². The van der Waals surface area contributed by atoms with Gasteiger partial charge in [-0.15, -0.1) is 0 Å². The van der Waals surface area contributed by atoms with Crippen molar-refractivity contribution in [2.45, 2.75) is 39.3 Å². The highest BCUT2D eigenvalue weighted by Gasteiger charge is 2.33. The van der Waals surface area contributed by atoms with Crippen LogP contribution in [0, 0.1) is 6.92 Å². The van der Waals surface area contributed by atoms with E-state index in [2.05, 4.69) is 13.0 Å². The highest BCUT2D eigenvalue weighted by Crippen LogP contribution is 2.32. The Balaban J connectivity index is 1.77. The Morgan fingerprint density at radius 2 is 1.86 bits per heavy atom. The molecule has 22 heavy (non-hydrogen) atoms. The molecular weight excluding hydrogens is 274 g/mol. The third kappa shape index (κ3) is 2.71. The summed E-state index contributed by atoms with van der Waals surface area (Å²) in [5, 5.41) is 0. The molecule has 0 radical (unpaired) electrons. The molecule has 2 aromatic carbocycles. The van der Waals surface area contributed by atoms with E-state index >= 15 is 0 Å². The lowest BCUT2D eigenvalue weighted by Gasteiger charge is -2.26. The largest absolute Gasteiger partial charge is 0.481 e. The summed E-state index contributed by atoms with van der Waals surface area (Å²) in [5.41, 5.74) is 3.42. The highest BCUT2D eigenvalue weighted by atomic mass is 16.5. The average Bonchev–Trinajstić information content (AvgIpc) is 2.84. The molecule has 3 heteroatoms. The summed E-state index contributed by atoms with van der Waals surface area (Å²) in [4.78, 5) is 14.7. The van der Waals surface area contributed by atoms with Gasteiger partial charge in [-0.1, -0.05) is 35.9 Å². The molecule has 0 spiro atoms. The molecule has 0 saturated heterocycles. The summed E-state index contributed by atoms with van der Waals surface area (Å²) in [6.45, 7) is 5.92. The maximum Gasteiger partial charge on any atom is 0.268 e. The van der Waals surface area contributed by atoms with E-state index in [1.165, 1.54) is 11.1 Å². The van der Waals surface area contributed by atoms with Crippen LogP contribution < -0.4 is 9.64 Å². The molecule has 0 saturated carbocycles. The van der Waals surface area contributed by atoms with Crippen LogP contribution in [0.25, 0.3) is 0 Å². The Labute approximate surface area is 131 Å². The minimum absolute atomic E-state index is 0.0121. The number of fused-ring (bicyclic) bond motifs is 1. The fourth-order valence-electron chi connectivity index (χ4n) is 2.97. The summed E-state index contributed by atoms with van der Waals surface area (Å²) in [6.07, 6.45) is 0.399. The van der Waals surface area contributed by atoms with Gasteiger partial charge in [0.1, 0.15) is 5.75 Å². The summed E-state index contributed by atoms with van der Waals surface area (Å²) in [5.74, 6) is 0.740. The third-order valence-electron chi connectivity index (χ3n) is 4.13. The second-order valence-corrected chi connectivity index (χ2v) is 5.96. The topological polar surface area (TPSA) is 29.5 Å². The Bertz CT molecular complexity index is 678. The number of carbonyl (C=O) groups is 1. The van der Waals surface area contributed by atoms with Crippen LogP contribution >= 0.6 is 0 Å². The first-order valence-corrected chi connectivity index (χ1v) is 7.70. The molecular formula is C19H21NO2. The van der Waals surface area contributed by atoms with Crippen molar-refractivity contribution in [1.82, 2.24) is 0 Å². The number of benzene rings is 2. The number of hydrogen-bond donors (Lipinski definition) is 0. The number of amides is 1. The van der Waals surface area contributed by atoms with E-state index in [0.29, 0.717) is 0 Å². The number of hydrogen-bond acceptors (Lipinski definition) is 2. The molecule has 1 amide bonds. The van der Waals surface area contributed by atoms with Gasteiger partial charge in [0.25, 0.3) is 5.91 Å². The molecule has 1 aliphatic rings. The van der Waals surface area contributed by atoms with Gasteiger partial charge in [0.2, 0.25) is 0 Å². The monoisotopic (exact) mass is 295 g/mol. The van der Waals surface area contributed by atoms with Crippen LogP contribution in [0.1, 0.15) is 25.0 Å². The molecule has 1 aliphatic heterocycles. The van der Waals surface area contributed by atoms with Gasteiger partial charge in [-0.05, 0) is 51.0 Å². The van der Waals surface area contributed by atoms with Gasteiger partial charge in [0.15, 0.2) is 6.10 Å². The standard InChI is InChI=1S/C19H21NO2/c1-13-8-10-17(11-9-13)22-15(3)19(21)20-14(2)12-16-6-4-5-7-18(16)20/h4-11,14-15H,12H2,1-3H3/t14-,15-/m1/s1. The smallest absolute Gasteiger partial charge is 0.268 e. The zero-order valence-corrected chi connectivity index (χ0v) is 13.2. The molecule has 2 aromatic rings. The second kappa shape index (κ2) is 5.84. The fourth-order valence-corrected chi connectivity index (χ4v) is 2.97. The van der Waals surface area contributed by atoms with Crippen molar-refractivity contribution in [1.29, 1.82) is 0 Å². The van der Waals surface area contributed by atoms with Crippen molar-refractivity contribution in [2.75, 3.05) is 4.90 Å². The first-order chi connectivity index (χ1) is 10.6. The maximum atomic E-state index is 12.8. The normalized spacial score (nSPS) is 18.0. The van der Waals surface area contributed by atoms with E-state index in [4.69, 9.17) is 4.74 Å². The summed E-state index contributed by atoms with van der Waals surface area (Å²) in [7, 11) is 0. The van der Waals surface area contributed by atoms with Gasteiger partial charge in [0, 0.05) is 11.7 Å². The van der Waals surface area contributed by atoms with Gasteiger partial charge in [-0.25, -0.2) is 0 Å². The highest BCUT2D eigenvalue weighted by molar-refractivity contribution is 5.99. The van der Waals surface area contributed by atoms with Gasteiger partial charge in [0.05, 0.1) is 0 Å². The number of nitrogens with zero attached hydrogens (tertiary/aromatic N) is 1. The Morgan fingerprint density at radius 1 is 1.18 bits per heavy atom. The Kier molecular flexibility index (Phi) is 3.88. The lowest BCUT2D eigenvalue weighted by molar-refractivity contribution is -0.124. The maximum absolute atomic E-state index is 12.8. The van der Waals surface area contributed by atoms with Crippen LogP contribution in [0.2, 0.25) is 0 Å². The zero-order chi connectivity index (χ0) is 15.7. The van der Waals surface area contributed by atoms with Gasteiger partial charge in [-0.3, -0.25) is 4.79 Å². The SMILES string of the molecule is Cc1ccc(O[C@H](C)C(=O)N2c3ccccc3C[C@H]2C)cc1.